The molecule has 3 saturated heterocycles. The van der Waals surface area contributed by atoms with E-state index in [1.807, 2.05) is 4.90 Å². The van der Waals surface area contributed by atoms with Crippen LogP contribution in [-0.2, 0) is 24.3 Å². The van der Waals surface area contributed by atoms with Crippen LogP contribution in [0.3, 0.4) is 0 Å². The van der Waals surface area contributed by atoms with Crippen LogP contribution in [0.5, 0.6) is 0 Å². The summed E-state index contributed by atoms with van der Waals surface area (Å²) in [5.41, 5.74) is 0. The Morgan fingerprint density at radius 1 is 1.30 bits per heavy atom. The van der Waals surface area contributed by atoms with Gasteiger partial charge in [0.2, 0.25) is 15.9 Å². The SMILES string of the molecule is COC1COCC1S(=O)(=O)N1CCCC(N2CCNCC2=O)C1. The van der Waals surface area contributed by atoms with E-state index in [4.69, 9.17) is 9.47 Å². The minimum Gasteiger partial charge on any atom is -0.378 e. The van der Waals surface area contributed by atoms with Crippen LogP contribution in [-0.4, -0.2) is 94.0 Å². The second kappa shape index (κ2) is 7.02. The smallest absolute Gasteiger partial charge is 0.236 e. The largest absolute Gasteiger partial charge is 0.378 e. The van der Waals surface area contributed by atoms with Gasteiger partial charge in [0.25, 0.3) is 0 Å². The summed E-state index contributed by atoms with van der Waals surface area (Å²) in [5.74, 6) is 0.0551. The van der Waals surface area contributed by atoms with Crippen LogP contribution in [0.2, 0.25) is 0 Å². The molecule has 0 aromatic rings. The van der Waals surface area contributed by atoms with Crippen molar-refractivity contribution in [1.29, 1.82) is 0 Å². The zero-order valence-electron chi connectivity index (χ0n) is 13.4. The van der Waals surface area contributed by atoms with Crippen molar-refractivity contribution in [3.63, 3.8) is 0 Å². The molecule has 9 heteroatoms. The molecule has 0 bridgehead atoms. The lowest BCUT2D eigenvalue weighted by Gasteiger charge is -2.41. The molecule has 1 N–H and O–H groups in total. The van der Waals surface area contributed by atoms with E-state index in [2.05, 4.69) is 5.32 Å². The van der Waals surface area contributed by atoms with Gasteiger partial charge in [-0.05, 0) is 12.8 Å². The topological polar surface area (TPSA) is 88.2 Å². The zero-order valence-corrected chi connectivity index (χ0v) is 14.3. The van der Waals surface area contributed by atoms with Crippen molar-refractivity contribution in [1.82, 2.24) is 14.5 Å². The predicted octanol–water partition coefficient (Wildman–Crippen LogP) is -1.37. The molecule has 0 aliphatic carbocycles. The average Bonchev–Trinajstić information content (AvgIpc) is 3.05. The van der Waals surface area contributed by atoms with E-state index in [0.29, 0.717) is 32.8 Å². The van der Waals surface area contributed by atoms with E-state index in [1.54, 1.807) is 0 Å². The van der Waals surface area contributed by atoms with Crippen LogP contribution in [0.25, 0.3) is 0 Å². The normalized spacial score (nSPS) is 34.0. The molecule has 0 saturated carbocycles. The number of carbonyl (C=O) groups excluding carboxylic acids is 1. The van der Waals surface area contributed by atoms with Gasteiger partial charge in [0, 0.05) is 39.3 Å². The van der Waals surface area contributed by atoms with Crippen molar-refractivity contribution in [2.24, 2.45) is 0 Å². The van der Waals surface area contributed by atoms with Gasteiger partial charge in [-0.3, -0.25) is 4.79 Å². The van der Waals surface area contributed by atoms with Crippen LogP contribution in [0.1, 0.15) is 12.8 Å². The van der Waals surface area contributed by atoms with Crippen molar-refractivity contribution in [3.8, 4) is 0 Å². The van der Waals surface area contributed by atoms with Crippen LogP contribution < -0.4 is 5.32 Å². The number of piperazine rings is 1. The van der Waals surface area contributed by atoms with Crippen LogP contribution in [0.15, 0.2) is 0 Å². The first-order valence-corrected chi connectivity index (χ1v) is 9.64. The molecule has 3 fully saturated rings. The second-order valence-electron chi connectivity index (χ2n) is 6.31. The summed E-state index contributed by atoms with van der Waals surface area (Å²) in [6.45, 7) is 3.11. The Kier molecular flexibility index (Phi) is 5.22. The first kappa shape index (κ1) is 17.1. The summed E-state index contributed by atoms with van der Waals surface area (Å²) in [7, 11) is -1.97. The lowest BCUT2D eigenvalue weighted by atomic mass is 10.1. The molecule has 3 rings (SSSR count). The third-order valence-corrected chi connectivity index (χ3v) is 7.21. The third-order valence-electron chi connectivity index (χ3n) is 4.95. The molecule has 3 heterocycles. The fraction of sp³-hybridized carbons (Fsp3) is 0.929. The fourth-order valence-corrected chi connectivity index (χ4v) is 5.61. The minimum absolute atomic E-state index is 0.0311. The van der Waals surface area contributed by atoms with Crippen molar-refractivity contribution in [3.05, 3.63) is 0 Å². The van der Waals surface area contributed by atoms with E-state index < -0.39 is 21.4 Å². The Morgan fingerprint density at radius 2 is 2.13 bits per heavy atom. The van der Waals surface area contributed by atoms with E-state index in [9.17, 15) is 13.2 Å². The van der Waals surface area contributed by atoms with Gasteiger partial charge in [-0.25, -0.2) is 8.42 Å². The van der Waals surface area contributed by atoms with Gasteiger partial charge in [-0.1, -0.05) is 0 Å². The number of rotatable bonds is 4. The van der Waals surface area contributed by atoms with Crippen LogP contribution >= 0.6 is 0 Å². The molecule has 0 radical (unpaired) electrons. The Balaban J connectivity index is 1.71. The summed E-state index contributed by atoms with van der Waals surface area (Å²) in [6.07, 6.45) is 1.21. The molecule has 8 nitrogen and oxygen atoms in total. The Morgan fingerprint density at radius 3 is 2.87 bits per heavy atom. The van der Waals surface area contributed by atoms with Gasteiger partial charge in [0.05, 0.1) is 19.8 Å². The van der Waals surface area contributed by atoms with Crippen molar-refractivity contribution < 1.29 is 22.7 Å². The molecule has 1 amide bonds. The molecule has 0 aromatic carbocycles. The van der Waals surface area contributed by atoms with E-state index in [1.165, 1.54) is 11.4 Å². The number of amides is 1. The first-order valence-electron chi connectivity index (χ1n) is 8.13. The number of methoxy groups -OCH3 is 1. The van der Waals surface area contributed by atoms with E-state index in [-0.39, 0.29) is 18.6 Å². The highest BCUT2D eigenvalue weighted by Crippen LogP contribution is 2.25. The summed E-state index contributed by atoms with van der Waals surface area (Å²) >= 11 is 0. The summed E-state index contributed by atoms with van der Waals surface area (Å²) in [5, 5.41) is 2.40. The maximum atomic E-state index is 12.9. The Bertz CT molecular complexity index is 541. The van der Waals surface area contributed by atoms with Gasteiger partial charge in [-0.15, -0.1) is 0 Å². The number of piperidine rings is 1. The third kappa shape index (κ3) is 3.39. The van der Waals surface area contributed by atoms with E-state index in [0.717, 1.165) is 19.4 Å². The summed E-state index contributed by atoms with van der Waals surface area (Å²) < 4.78 is 37.9. The highest BCUT2D eigenvalue weighted by atomic mass is 32.2. The van der Waals surface area contributed by atoms with Gasteiger partial charge in [0.15, 0.2) is 0 Å². The molecule has 0 spiro atoms. The van der Waals surface area contributed by atoms with Crippen molar-refractivity contribution >= 4 is 15.9 Å². The predicted molar refractivity (Wildman–Crippen MR) is 83.5 cm³/mol. The summed E-state index contributed by atoms with van der Waals surface area (Å²) in [6, 6.07) is -0.0311. The lowest BCUT2D eigenvalue weighted by molar-refractivity contribution is -0.135. The van der Waals surface area contributed by atoms with E-state index >= 15 is 0 Å². The van der Waals surface area contributed by atoms with Gasteiger partial charge < -0.3 is 19.7 Å². The molecule has 132 valence electrons. The van der Waals surface area contributed by atoms with Gasteiger partial charge in [-0.2, -0.15) is 4.31 Å². The lowest BCUT2D eigenvalue weighted by Crippen LogP contribution is -2.58. The van der Waals surface area contributed by atoms with Crippen molar-refractivity contribution in [2.45, 2.75) is 30.2 Å². The fourth-order valence-electron chi connectivity index (χ4n) is 3.62. The zero-order chi connectivity index (χ0) is 16.4. The molecule has 3 aliphatic rings. The number of nitrogens with one attached hydrogen (secondary N) is 1. The standard InChI is InChI=1S/C14H25N3O5S/c1-21-12-9-22-10-13(12)23(19,20)16-5-2-3-11(8-16)17-6-4-15-7-14(17)18/h11-13,15H,2-10H2,1H3. The molecular formula is C14H25N3O5S. The molecule has 3 atom stereocenters. The van der Waals surface area contributed by atoms with Crippen LogP contribution in [0.4, 0.5) is 0 Å². The Hall–Kier alpha value is -0.740. The molecule has 0 aromatic heterocycles. The second-order valence-corrected chi connectivity index (χ2v) is 8.46. The number of hydrogen-bond donors (Lipinski definition) is 1. The maximum Gasteiger partial charge on any atom is 0.236 e. The highest BCUT2D eigenvalue weighted by molar-refractivity contribution is 7.89. The Labute approximate surface area is 137 Å². The molecule has 23 heavy (non-hydrogen) atoms. The molecule has 3 unspecified atom stereocenters. The first-order chi connectivity index (χ1) is 11.0. The number of carbonyl (C=O) groups is 1. The molecule has 3 aliphatic heterocycles. The summed E-state index contributed by atoms with van der Waals surface area (Å²) in [4.78, 5) is 13.9. The number of nitrogens with zero attached hydrogens (tertiary/aromatic N) is 2. The average molecular weight is 347 g/mol. The maximum absolute atomic E-state index is 12.9. The highest BCUT2D eigenvalue weighted by Gasteiger charge is 2.44. The van der Waals surface area contributed by atoms with Crippen molar-refractivity contribution in [2.75, 3.05) is 53.0 Å². The monoisotopic (exact) mass is 347 g/mol. The quantitative estimate of drug-likeness (QED) is 0.675. The minimum atomic E-state index is -3.48. The van der Waals surface area contributed by atoms with Gasteiger partial charge in [0.1, 0.15) is 11.4 Å². The number of sulfonamides is 1. The molecular weight excluding hydrogens is 322 g/mol. The van der Waals surface area contributed by atoms with Gasteiger partial charge >= 0.3 is 0 Å². The van der Waals surface area contributed by atoms with Crippen LogP contribution in [0, 0.1) is 0 Å². The number of hydrogen-bond acceptors (Lipinski definition) is 6. The number of ether oxygens (including phenoxy) is 2.